The number of halogens is 1. The Morgan fingerprint density at radius 1 is 1.15 bits per heavy atom. The molecule has 2 rings (SSSR count). The summed E-state index contributed by atoms with van der Waals surface area (Å²) in [5.41, 5.74) is 1.78. The van der Waals surface area contributed by atoms with Gasteiger partial charge in [0.2, 0.25) is 0 Å². The predicted molar refractivity (Wildman–Crippen MR) is 79.7 cm³/mol. The van der Waals surface area contributed by atoms with Crippen LogP contribution in [0.1, 0.15) is 30.5 Å². The van der Waals surface area contributed by atoms with E-state index in [1.165, 1.54) is 11.6 Å². The number of hydrogen-bond acceptors (Lipinski definition) is 2. The maximum atomic E-state index is 13.5. The van der Waals surface area contributed by atoms with E-state index >= 15 is 0 Å². The quantitative estimate of drug-likeness (QED) is 0.859. The average molecular weight is 273 g/mol. The second-order valence-corrected chi connectivity index (χ2v) is 4.84. The van der Waals surface area contributed by atoms with Crippen molar-refractivity contribution < 1.29 is 9.13 Å². The zero-order chi connectivity index (χ0) is 14.5. The van der Waals surface area contributed by atoms with Gasteiger partial charge in [0.15, 0.2) is 0 Å². The normalized spacial score (nSPS) is 12.2. The Morgan fingerprint density at radius 3 is 2.55 bits per heavy atom. The second kappa shape index (κ2) is 6.53. The van der Waals surface area contributed by atoms with Crippen LogP contribution in [0.4, 0.5) is 4.39 Å². The lowest BCUT2D eigenvalue weighted by atomic mass is 10.0. The minimum absolute atomic E-state index is 0.250. The van der Waals surface area contributed by atoms with Crippen LogP contribution in [-0.4, -0.2) is 7.05 Å². The third-order valence-electron chi connectivity index (χ3n) is 3.40. The van der Waals surface area contributed by atoms with Gasteiger partial charge in [-0.15, -0.1) is 0 Å². The summed E-state index contributed by atoms with van der Waals surface area (Å²) >= 11 is 0. The minimum Gasteiger partial charge on any atom is -0.457 e. The molecule has 0 aliphatic rings. The molecule has 0 heterocycles. The molecular formula is C17H20FNO. The van der Waals surface area contributed by atoms with Gasteiger partial charge < -0.3 is 10.1 Å². The Bertz CT molecular complexity index is 579. The Morgan fingerprint density at radius 2 is 1.90 bits per heavy atom. The monoisotopic (exact) mass is 273 g/mol. The zero-order valence-corrected chi connectivity index (χ0v) is 12.1. The topological polar surface area (TPSA) is 21.3 Å². The van der Waals surface area contributed by atoms with Gasteiger partial charge in [-0.25, -0.2) is 4.39 Å². The van der Waals surface area contributed by atoms with E-state index in [1.54, 1.807) is 19.1 Å². The van der Waals surface area contributed by atoms with E-state index in [2.05, 4.69) is 18.3 Å². The van der Waals surface area contributed by atoms with E-state index in [0.29, 0.717) is 17.4 Å². The molecule has 0 aliphatic heterocycles. The summed E-state index contributed by atoms with van der Waals surface area (Å²) in [6, 6.07) is 13.1. The molecule has 20 heavy (non-hydrogen) atoms. The molecule has 0 amide bonds. The molecule has 2 nitrogen and oxygen atoms in total. The van der Waals surface area contributed by atoms with Crippen molar-refractivity contribution in [3.05, 3.63) is 59.4 Å². The molecule has 0 radical (unpaired) electrons. The molecule has 2 aromatic rings. The molecule has 0 aromatic heterocycles. The highest BCUT2D eigenvalue weighted by Crippen LogP contribution is 2.26. The first-order chi connectivity index (χ1) is 9.63. The zero-order valence-electron chi connectivity index (χ0n) is 12.1. The number of hydrogen-bond donors (Lipinski definition) is 1. The van der Waals surface area contributed by atoms with Gasteiger partial charge in [0.05, 0.1) is 0 Å². The molecular weight excluding hydrogens is 253 g/mol. The first-order valence-electron chi connectivity index (χ1n) is 6.85. The summed E-state index contributed by atoms with van der Waals surface area (Å²) in [6.45, 7) is 3.86. The molecule has 0 saturated heterocycles. The molecule has 106 valence electrons. The van der Waals surface area contributed by atoms with Gasteiger partial charge in [-0.1, -0.05) is 25.1 Å². The fraction of sp³-hybridized carbons (Fsp3) is 0.294. The van der Waals surface area contributed by atoms with Crippen LogP contribution in [0.2, 0.25) is 0 Å². The van der Waals surface area contributed by atoms with Crippen LogP contribution in [0.3, 0.4) is 0 Å². The third-order valence-corrected chi connectivity index (χ3v) is 3.40. The van der Waals surface area contributed by atoms with Crippen molar-refractivity contribution in [1.82, 2.24) is 5.32 Å². The summed E-state index contributed by atoms with van der Waals surface area (Å²) in [5, 5.41) is 3.26. The van der Waals surface area contributed by atoms with Gasteiger partial charge in [-0.05, 0) is 49.7 Å². The lowest BCUT2D eigenvalue weighted by Crippen LogP contribution is -2.14. The number of ether oxygens (including phenoxy) is 1. The molecule has 3 heteroatoms. The summed E-state index contributed by atoms with van der Waals surface area (Å²) in [6.07, 6.45) is 0.999. The minimum atomic E-state index is -0.250. The first-order valence-corrected chi connectivity index (χ1v) is 6.85. The van der Waals surface area contributed by atoms with E-state index in [-0.39, 0.29) is 5.82 Å². The SMILES string of the molecule is CCC(NC)c1cccc(Oc2ccc(C)c(F)c2)c1. The average Bonchev–Trinajstić information content (AvgIpc) is 2.45. The maximum absolute atomic E-state index is 13.5. The maximum Gasteiger partial charge on any atom is 0.130 e. The van der Waals surface area contributed by atoms with Crippen LogP contribution < -0.4 is 10.1 Å². The van der Waals surface area contributed by atoms with Gasteiger partial charge in [-0.3, -0.25) is 0 Å². The number of benzene rings is 2. The van der Waals surface area contributed by atoms with Gasteiger partial charge in [-0.2, -0.15) is 0 Å². The number of rotatable bonds is 5. The van der Waals surface area contributed by atoms with Gasteiger partial charge in [0, 0.05) is 12.1 Å². The van der Waals surface area contributed by atoms with E-state index in [0.717, 1.165) is 12.2 Å². The first kappa shape index (κ1) is 14.5. The highest BCUT2D eigenvalue weighted by atomic mass is 19.1. The predicted octanol–water partition coefficient (Wildman–Crippen LogP) is 4.60. The molecule has 0 spiro atoms. The van der Waals surface area contributed by atoms with Crippen molar-refractivity contribution in [2.45, 2.75) is 26.3 Å². The number of nitrogens with one attached hydrogen (secondary N) is 1. The Kier molecular flexibility index (Phi) is 4.74. The molecule has 1 N–H and O–H groups in total. The third kappa shape index (κ3) is 3.36. The van der Waals surface area contributed by atoms with Crippen molar-refractivity contribution >= 4 is 0 Å². The summed E-state index contributed by atoms with van der Waals surface area (Å²) in [5.74, 6) is 0.988. The standard InChI is InChI=1S/C17H20FNO/c1-4-17(19-3)13-6-5-7-14(10-13)20-15-9-8-12(2)16(18)11-15/h5-11,17,19H,4H2,1-3H3. The van der Waals surface area contributed by atoms with Gasteiger partial charge >= 0.3 is 0 Å². The van der Waals surface area contributed by atoms with Crippen LogP contribution in [0, 0.1) is 12.7 Å². The molecule has 0 bridgehead atoms. The van der Waals surface area contributed by atoms with Crippen LogP contribution >= 0.6 is 0 Å². The summed E-state index contributed by atoms with van der Waals surface area (Å²) in [4.78, 5) is 0. The molecule has 0 fully saturated rings. The molecule has 0 saturated carbocycles. The Balaban J connectivity index is 2.21. The van der Waals surface area contributed by atoms with Crippen LogP contribution in [0.5, 0.6) is 11.5 Å². The van der Waals surface area contributed by atoms with E-state index in [4.69, 9.17) is 4.74 Å². The molecule has 2 aromatic carbocycles. The molecule has 1 atom stereocenters. The van der Waals surface area contributed by atoms with Gasteiger partial charge in [0.1, 0.15) is 17.3 Å². The van der Waals surface area contributed by atoms with Crippen molar-refractivity contribution in [3.8, 4) is 11.5 Å². The highest BCUT2D eigenvalue weighted by molar-refractivity contribution is 5.36. The second-order valence-electron chi connectivity index (χ2n) is 4.84. The van der Waals surface area contributed by atoms with Gasteiger partial charge in [0.25, 0.3) is 0 Å². The lowest BCUT2D eigenvalue weighted by Gasteiger charge is -2.15. The van der Waals surface area contributed by atoms with Crippen molar-refractivity contribution in [2.24, 2.45) is 0 Å². The fourth-order valence-corrected chi connectivity index (χ4v) is 2.17. The number of aryl methyl sites for hydroxylation is 1. The largest absolute Gasteiger partial charge is 0.457 e. The van der Waals surface area contributed by atoms with Crippen LogP contribution in [0.25, 0.3) is 0 Å². The smallest absolute Gasteiger partial charge is 0.130 e. The highest BCUT2D eigenvalue weighted by Gasteiger charge is 2.08. The van der Waals surface area contributed by atoms with Crippen molar-refractivity contribution in [3.63, 3.8) is 0 Å². The van der Waals surface area contributed by atoms with Crippen molar-refractivity contribution in [2.75, 3.05) is 7.05 Å². The van der Waals surface area contributed by atoms with E-state index in [1.807, 2.05) is 25.2 Å². The van der Waals surface area contributed by atoms with E-state index < -0.39 is 0 Å². The fourth-order valence-electron chi connectivity index (χ4n) is 2.17. The van der Waals surface area contributed by atoms with Crippen LogP contribution in [0.15, 0.2) is 42.5 Å². The molecule has 1 unspecified atom stereocenters. The van der Waals surface area contributed by atoms with Crippen molar-refractivity contribution in [1.29, 1.82) is 0 Å². The lowest BCUT2D eigenvalue weighted by molar-refractivity contribution is 0.473. The van der Waals surface area contributed by atoms with E-state index in [9.17, 15) is 4.39 Å². The molecule has 0 aliphatic carbocycles. The summed E-state index contributed by atoms with van der Waals surface area (Å²) < 4.78 is 19.2. The summed E-state index contributed by atoms with van der Waals surface area (Å²) in [7, 11) is 1.94. The Labute approximate surface area is 119 Å². The Hall–Kier alpha value is -1.87. The van der Waals surface area contributed by atoms with Crippen LogP contribution in [-0.2, 0) is 0 Å².